The molecule has 6 nitrogen and oxygen atoms in total. The molecule has 0 radical (unpaired) electrons. The van der Waals surface area contributed by atoms with Gasteiger partial charge in [-0.2, -0.15) is 0 Å². The van der Waals surface area contributed by atoms with Crippen LogP contribution in [0.2, 0.25) is 0 Å². The standard InChI is InChI=1S/C24H34N2O4/c1-24(2,3)30-23(28)26-21(16-19-8-6-5-7-9-19)22(27)17-25-15-14-18-10-12-20(29-4)13-11-18/h5-13,21-22,25,27H,14-17H2,1-4H3,(H,26,28)/t21-,22-/m0/s1. The van der Waals surface area contributed by atoms with Gasteiger partial charge in [-0.1, -0.05) is 42.5 Å². The van der Waals surface area contributed by atoms with Crippen molar-refractivity contribution in [3.8, 4) is 5.75 Å². The summed E-state index contributed by atoms with van der Waals surface area (Å²) in [4.78, 5) is 12.3. The Labute approximate surface area is 179 Å². The first kappa shape index (κ1) is 23.7. The highest BCUT2D eigenvalue weighted by molar-refractivity contribution is 5.68. The normalized spacial score (nSPS) is 13.4. The van der Waals surface area contributed by atoms with Gasteiger partial charge in [0, 0.05) is 6.54 Å². The van der Waals surface area contributed by atoms with Crippen LogP contribution >= 0.6 is 0 Å². The summed E-state index contributed by atoms with van der Waals surface area (Å²) in [6, 6.07) is 17.3. The molecule has 2 aromatic rings. The highest BCUT2D eigenvalue weighted by Gasteiger charge is 2.24. The quantitative estimate of drug-likeness (QED) is 0.520. The van der Waals surface area contributed by atoms with Crippen LogP contribution in [0.25, 0.3) is 0 Å². The van der Waals surface area contributed by atoms with Crippen molar-refractivity contribution in [1.82, 2.24) is 10.6 Å². The summed E-state index contributed by atoms with van der Waals surface area (Å²) < 4.78 is 10.5. The maximum atomic E-state index is 12.3. The fourth-order valence-electron chi connectivity index (χ4n) is 3.03. The van der Waals surface area contributed by atoms with Crippen LogP contribution in [0.5, 0.6) is 5.75 Å². The summed E-state index contributed by atoms with van der Waals surface area (Å²) >= 11 is 0. The molecule has 30 heavy (non-hydrogen) atoms. The van der Waals surface area contributed by atoms with Crippen LogP contribution in [-0.4, -0.2) is 49.1 Å². The van der Waals surface area contributed by atoms with Crippen LogP contribution in [0.1, 0.15) is 31.9 Å². The third-order valence-corrected chi connectivity index (χ3v) is 4.57. The molecule has 0 saturated carbocycles. The number of aliphatic hydroxyl groups is 1. The van der Waals surface area contributed by atoms with Gasteiger partial charge in [0.25, 0.3) is 0 Å². The zero-order chi connectivity index (χ0) is 22.0. The number of hydrogen-bond acceptors (Lipinski definition) is 5. The van der Waals surface area contributed by atoms with Gasteiger partial charge in [0.15, 0.2) is 0 Å². The molecule has 0 aliphatic carbocycles. The average molecular weight is 415 g/mol. The smallest absolute Gasteiger partial charge is 0.407 e. The number of hydrogen-bond donors (Lipinski definition) is 3. The van der Waals surface area contributed by atoms with Crippen LogP contribution < -0.4 is 15.4 Å². The van der Waals surface area contributed by atoms with Crippen LogP contribution in [-0.2, 0) is 17.6 Å². The van der Waals surface area contributed by atoms with E-state index in [-0.39, 0.29) is 0 Å². The lowest BCUT2D eigenvalue weighted by Crippen LogP contribution is -2.50. The fraction of sp³-hybridized carbons (Fsp3) is 0.458. The summed E-state index contributed by atoms with van der Waals surface area (Å²) in [6.45, 7) is 6.53. The molecule has 0 aliphatic rings. The van der Waals surface area contributed by atoms with Crippen molar-refractivity contribution in [2.75, 3.05) is 20.2 Å². The Morgan fingerprint density at radius 1 is 1.03 bits per heavy atom. The van der Waals surface area contributed by atoms with E-state index in [1.165, 1.54) is 5.56 Å². The van der Waals surface area contributed by atoms with Gasteiger partial charge in [0.2, 0.25) is 0 Å². The number of amides is 1. The Hall–Kier alpha value is -2.57. The van der Waals surface area contributed by atoms with Gasteiger partial charge in [-0.3, -0.25) is 0 Å². The first-order chi connectivity index (χ1) is 14.3. The molecule has 0 saturated heterocycles. The third-order valence-electron chi connectivity index (χ3n) is 4.57. The second kappa shape index (κ2) is 11.6. The zero-order valence-electron chi connectivity index (χ0n) is 18.4. The summed E-state index contributed by atoms with van der Waals surface area (Å²) in [5.41, 5.74) is 1.63. The van der Waals surface area contributed by atoms with E-state index >= 15 is 0 Å². The summed E-state index contributed by atoms with van der Waals surface area (Å²) in [5.74, 6) is 0.833. The van der Waals surface area contributed by atoms with E-state index in [2.05, 4.69) is 10.6 Å². The molecule has 0 aliphatic heterocycles. The van der Waals surface area contributed by atoms with E-state index < -0.39 is 23.8 Å². The number of benzene rings is 2. The van der Waals surface area contributed by atoms with Gasteiger partial charge in [0.05, 0.1) is 19.3 Å². The largest absolute Gasteiger partial charge is 0.497 e. The van der Waals surface area contributed by atoms with E-state index in [0.29, 0.717) is 19.5 Å². The summed E-state index contributed by atoms with van der Waals surface area (Å²) in [6.07, 6.45) is 0.0651. The zero-order valence-corrected chi connectivity index (χ0v) is 18.4. The van der Waals surface area contributed by atoms with Crippen molar-refractivity contribution in [3.05, 3.63) is 65.7 Å². The number of ether oxygens (including phenoxy) is 2. The van der Waals surface area contributed by atoms with Crippen molar-refractivity contribution in [2.45, 2.75) is 51.4 Å². The number of carbonyl (C=O) groups excluding carboxylic acids is 1. The van der Waals surface area contributed by atoms with Gasteiger partial charge in [-0.25, -0.2) is 4.79 Å². The molecule has 0 heterocycles. The second-order valence-electron chi connectivity index (χ2n) is 8.31. The minimum atomic E-state index is -0.756. The topological polar surface area (TPSA) is 79.8 Å². The molecule has 3 N–H and O–H groups in total. The highest BCUT2D eigenvalue weighted by Crippen LogP contribution is 2.12. The fourth-order valence-corrected chi connectivity index (χ4v) is 3.03. The molecule has 2 rings (SSSR count). The number of carbonyl (C=O) groups is 1. The predicted octanol–water partition coefficient (Wildman–Crippen LogP) is 3.32. The molecule has 0 spiro atoms. The molecule has 0 fully saturated rings. The Balaban J connectivity index is 1.88. The van der Waals surface area contributed by atoms with Crippen LogP contribution in [0.15, 0.2) is 54.6 Å². The first-order valence-corrected chi connectivity index (χ1v) is 10.3. The minimum Gasteiger partial charge on any atom is -0.497 e. The lowest BCUT2D eigenvalue weighted by Gasteiger charge is -2.27. The van der Waals surface area contributed by atoms with Crippen LogP contribution in [0.3, 0.4) is 0 Å². The molecule has 0 unspecified atom stereocenters. The SMILES string of the molecule is COc1ccc(CCNC[C@H](O)[C@H](Cc2ccccc2)NC(=O)OC(C)(C)C)cc1. The van der Waals surface area contributed by atoms with Crippen molar-refractivity contribution in [1.29, 1.82) is 0 Å². The third kappa shape index (κ3) is 8.84. The van der Waals surface area contributed by atoms with Crippen molar-refractivity contribution < 1.29 is 19.4 Å². The number of nitrogens with one attached hydrogen (secondary N) is 2. The molecule has 6 heteroatoms. The molecule has 0 bridgehead atoms. The Morgan fingerprint density at radius 2 is 1.70 bits per heavy atom. The maximum absolute atomic E-state index is 12.3. The van der Waals surface area contributed by atoms with Gasteiger partial charge in [0.1, 0.15) is 11.4 Å². The number of alkyl carbamates (subject to hydrolysis) is 1. The molecular weight excluding hydrogens is 380 g/mol. The lowest BCUT2D eigenvalue weighted by atomic mass is 10.0. The summed E-state index contributed by atoms with van der Waals surface area (Å²) in [5, 5.41) is 16.8. The monoisotopic (exact) mass is 414 g/mol. The lowest BCUT2D eigenvalue weighted by molar-refractivity contribution is 0.0423. The van der Waals surface area contributed by atoms with Gasteiger partial charge < -0.3 is 25.2 Å². The number of aliphatic hydroxyl groups excluding tert-OH is 1. The maximum Gasteiger partial charge on any atom is 0.407 e. The van der Waals surface area contributed by atoms with E-state index in [4.69, 9.17) is 9.47 Å². The molecule has 164 valence electrons. The van der Waals surface area contributed by atoms with Crippen LogP contribution in [0, 0.1) is 0 Å². The number of rotatable bonds is 10. The van der Waals surface area contributed by atoms with Crippen molar-refractivity contribution >= 4 is 6.09 Å². The molecule has 0 aromatic heterocycles. The van der Waals surface area contributed by atoms with E-state index in [1.807, 2.05) is 75.4 Å². The Morgan fingerprint density at radius 3 is 2.30 bits per heavy atom. The number of methoxy groups -OCH3 is 1. The van der Waals surface area contributed by atoms with E-state index in [1.54, 1.807) is 7.11 Å². The van der Waals surface area contributed by atoms with Crippen LogP contribution in [0.4, 0.5) is 4.79 Å². The average Bonchev–Trinajstić information content (AvgIpc) is 2.70. The molecule has 2 atom stereocenters. The Kier molecular flexibility index (Phi) is 9.15. The van der Waals surface area contributed by atoms with Crippen molar-refractivity contribution in [2.24, 2.45) is 0 Å². The predicted molar refractivity (Wildman–Crippen MR) is 119 cm³/mol. The molecule has 2 aromatic carbocycles. The van der Waals surface area contributed by atoms with Gasteiger partial charge in [-0.05, 0) is 63.4 Å². The van der Waals surface area contributed by atoms with Gasteiger partial charge in [-0.15, -0.1) is 0 Å². The van der Waals surface area contributed by atoms with E-state index in [0.717, 1.165) is 17.7 Å². The van der Waals surface area contributed by atoms with E-state index in [9.17, 15) is 9.90 Å². The Bertz CT molecular complexity index is 757. The first-order valence-electron chi connectivity index (χ1n) is 10.3. The second-order valence-corrected chi connectivity index (χ2v) is 8.31. The molecule has 1 amide bonds. The van der Waals surface area contributed by atoms with Crippen molar-refractivity contribution in [3.63, 3.8) is 0 Å². The molecular formula is C24H34N2O4. The minimum absolute atomic E-state index is 0.365. The van der Waals surface area contributed by atoms with Gasteiger partial charge >= 0.3 is 6.09 Å². The highest BCUT2D eigenvalue weighted by atomic mass is 16.6. The summed E-state index contributed by atoms with van der Waals surface area (Å²) in [7, 11) is 1.65.